The topological polar surface area (TPSA) is 68.0 Å². The zero-order valence-electron chi connectivity index (χ0n) is 12.8. The molecule has 2 heterocycles. The highest BCUT2D eigenvalue weighted by Gasteiger charge is 2.22. The molecule has 3 rings (SSSR count). The smallest absolute Gasteiger partial charge is 0.236 e. The minimum Gasteiger partial charge on any atom is -0.355 e. The number of carbonyl (C=O) groups excluding carboxylic acids is 1. The van der Waals surface area contributed by atoms with Crippen molar-refractivity contribution >= 4 is 17.7 Å². The van der Waals surface area contributed by atoms with E-state index in [1.165, 1.54) is 17.8 Å². The van der Waals surface area contributed by atoms with Crippen LogP contribution in [0.2, 0.25) is 0 Å². The largest absolute Gasteiger partial charge is 0.355 e. The average molecular weight is 335 g/mol. The number of rotatable bonds is 4. The zero-order chi connectivity index (χ0) is 16.2. The molecule has 1 unspecified atom stereocenters. The molecule has 1 aliphatic rings. The van der Waals surface area contributed by atoms with E-state index < -0.39 is 0 Å². The van der Waals surface area contributed by atoms with Crippen molar-refractivity contribution in [2.45, 2.75) is 37.2 Å². The molecule has 0 spiro atoms. The Labute approximate surface area is 138 Å². The Morgan fingerprint density at radius 1 is 1.43 bits per heavy atom. The van der Waals surface area contributed by atoms with Crippen LogP contribution >= 0.6 is 11.8 Å². The standard InChI is InChI=1S/C16H18FN3O2S/c1-10-5-6-11(8-12(10)17)15-19-14(22-20-15)9-23-13-4-2-3-7-18-16(13)21/h5-6,8,13H,2-4,7,9H2,1H3,(H,18,21). The van der Waals surface area contributed by atoms with E-state index in [1.807, 2.05) is 0 Å². The first kappa shape index (κ1) is 16.0. The molecule has 5 nitrogen and oxygen atoms in total. The number of amides is 1. The van der Waals surface area contributed by atoms with Gasteiger partial charge in [-0.3, -0.25) is 4.79 Å². The number of thioether (sulfide) groups is 1. The predicted octanol–water partition coefficient (Wildman–Crippen LogP) is 3.09. The summed E-state index contributed by atoms with van der Waals surface area (Å²) in [6.07, 6.45) is 2.92. The quantitative estimate of drug-likeness (QED) is 0.930. The summed E-state index contributed by atoms with van der Waals surface area (Å²) in [5, 5.41) is 6.72. The maximum absolute atomic E-state index is 13.6. The number of halogens is 1. The van der Waals surface area contributed by atoms with Gasteiger partial charge in [-0.05, 0) is 31.4 Å². The van der Waals surface area contributed by atoms with Crippen molar-refractivity contribution in [1.82, 2.24) is 15.5 Å². The first-order valence-corrected chi connectivity index (χ1v) is 8.67. The van der Waals surface area contributed by atoms with E-state index >= 15 is 0 Å². The van der Waals surface area contributed by atoms with Gasteiger partial charge < -0.3 is 9.84 Å². The normalized spacial score (nSPS) is 18.5. The molecule has 2 aromatic rings. The Bertz CT molecular complexity index is 704. The Balaban J connectivity index is 1.65. The molecule has 0 bridgehead atoms. The molecule has 0 saturated carbocycles. The van der Waals surface area contributed by atoms with Crippen LogP contribution in [0.25, 0.3) is 11.4 Å². The number of aromatic nitrogens is 2. The minimum absolute atomic E-state index is 0.0767. The van der Waals surface area contributed by atoms with Gasteiger partial charge in [0, 0.05) is 12.1 Å². The van der Waals surface area contributed by atoms with Crippen LogP contribution in [0.1, 0.15) is 30.7 Å². The van der Waals surface area contributed by atoms with Crippen molar-refractivity contribution in [3.63, 3.8) is 0 Å². The van der Waals surface area contributed by atoms with Gasteiger partial charge >= 0.3 is 0 Å². The van der Waals surface area contributed by atoms with E-state index in [4.69, 9.17) is 4.52 Å². The second kappa shape index (κ2) is 7.12. The first-order valence-electron chi connectivity index (χ1n) is 7.62. The molecule has 1 N–H and O–H groups in total. The summed E-state index contributed by atoms with van der Waals surface area (Å²) in [4.78, 5) is 16.2. The molecule has 122 valence electrons. The summed E-state index contributed by atoms with van der Waals surface area (Å²) < 4.78 is 18.8. The van der Waals surface area contributed by atoms with E-state index in [0.717, 1.165) is 25.8 Å². The van der Waals surface area contributed by atoms with Crippen LogP contribution in [-0.2, 0) is 10.5 Å². The minimum atomic E-state index is -0.293. The molecule has 23 heavy (non-hydrogen) atoms. The Morgan fingerprint density at radius 2 is 2.30 bits per heavy atom. The van der Waals surface area contributed by atoms with E-state index in [0.29, 0.717) is 28.6 Å². The number of benzene rings is 1. The lowest BCUT2D eigenvalue weighted by molar-refractivity contribution is -0.120. The number of hydrogen-bond acceptors (Lipinski definition) is 5. The van der Waals surface area contributed by atoms with E-state index in [2.05, 4.69) is 15.5 Å². The molecule has 1 fully saturated rings. The van der Waals surface area contributed by atoms with Gasteiger partial charge in [-0.2, -0.15) is 4.98 Å². The van der Waals surface area contributed by atoms with Crippen LogP contribution in [0.5, 0.6) is 0 Å². The second-order valence-electron chi connectivity index (χ2n) is 5.56. The van der Waals surface area contributed by atoms with Crippen LogP contribution in [-0.4, -0.2) is 27.8 Å². The predicted molar refractivity (Wildman–Crippen MR) is 86.4 cm³/mol. The van der Waals surface area contributed by atoms with Gasteiger partial charge in [0.05, 0.1) is 11.0 Å². The highest BCUT2D eigenvalue weighted by Crippen LogP contribution is 2.25. The monoisotopic (exact) mass is 335 g/mol. The fraction of sp³-hybridized carbons (Fsp3) is 0.438. The summed E-state index contributed by atoms with van der Waals surface area (Å²) in [7, 11) is 0. The lowest BCUT2D eigenvalue weighted by Crippen LogP contribution is -2.30. The van der Waals surface area contributed by atoms with Crippen molar-refractivity contribution < 1.29 is 13.7 Å². The van der Waals surface area contributed by atoms with Crippen molar-refractivity contribution in [3.8, 4) is 11.4 Å². The highest BCUT2D eigenvalue weighted by molar-refractivity contribution is 7.99. The number of hydrogen-bond donors (Lipinski definition) is 1. The fourth-order valence-corrected chi connectivity index (χ4v) is 3.43. The molecular formula is C16H18FN3O2S. The first-order chi connectivity index (χ1) is 11.1. The number of carbonyl (C=O) groups is 1. The molecule has 1 aromatic carbocycles. The van der Waals surface area contributed by atoms with E-state index in [-0.39, 0.29) is 17.0 Å². The Kier molecular flexibility index (Phi) is 4.95. The third-order valence-electron chi connectivity index (χ3n) is 3.79. The van der Waals surface area contributed by atoms with Crippen LogP contribution < -0.4 is 5.32 Å². The number of aryl methyl sites for hydroxylation is 1. The molecule has 1 saturated heterocycles. The number of nitrogens with zero attached hydrogens (tertiary/aromatic N) is 2. The molecular weight excluding hydrogens is 317 g/mol. The molecule has 1 amide bonds. The fourth-order valence-electron chi connectivity index (χ4n) is 2.40. The van der Waals surface area contributed by atoms with Crippen molar-refractivity contribution in [2.24, 2.45) is 0 Å². The highest BCUT2D eigenvalue weighted by atomic mass is 32.2. The SMILES string of the molecule is Cc1ccc(-c2noc(CSC3CCCCNC3=O)n2)cc1F. The van der Waals surface area contributed by atoms with Crippen LogP contribution in [0.15, 0.2) is 22.7 Å². The molecule has 0 radical (unpaired) electrons. The van der Waals surface area contributed by atoms with Crippen molar-refractivity contribution in [2.75, 3.05) is 6.54 Å². The molecule has 1 aromatic heterocycles. The lowest BCUT2D eigenvalue weighted by Gasteiger charge is -2.10. The second-order valence-corrected chi connectivity index (χ2v) is 6.75. The summed E-state index contributed by atoms with van der Waals surface area (Å²) in [5.74, 6) is 1.07. The summed E-state index contributed by atoms with van der Waals surface area (Å²) in [6.45, 7) is 2.45. The summed E-state index contributed by atoms with van der Waals surface area (Å²) in [6, 6.07) is 4.85. The van der Waals surface area contributed by atoms with Gasteiger partial charge in [0.1, 0.15) is 5.82 Å². The third-order valence-corrected chi connectivity index (χ3v) is 5.06. The molecule has 0 aliphatic carbocycles. The molecule has 1 aliphatic heterocycles. The van der Waals surface area contributed by atoms with Gasteiger partial charge in [0.15, 0.2) is 0 Å². The average Bonchev–Trinajstić information content (AvgIpc) is 2.92. The van der Waals surface area contributed by atoms with Gasteiger partial charge in [-0.25, -0.2) is 4.39 Å². The van der Waals surface area contributed by atoms with Crippen LogP contribution in [0.4, 0.5) is 4.39 Å². The van der Waals surface area contributed by atoms with Crippen molar-refractivity contribution in [3.05, 3.63) is 35.5 Å². The van der Waals surface area contributed by atoms with Crippen LogP contribution in [0, 0.1) is 12.7 Å². The van der Waals surface area contributed by atoms with Gasteiger partial charge in [-0.15, -0.1) is 11.8 Å². The Hall–Kier alpha value is -1.89. The zero-order valence-corrected chi connectivity index (χ0v) is 13.7. The lowest BCUT2D eigenvalue weighted by atomic mass is 10.1. The van der Waals surface area contributed by atoms with Gasteiger partial charge in [0.25, 0.3) is 0 Å². The molecule has 1 atom stereocenters. The van der Waals surface area contributed by atoms with Crippen molar-refractivity contribution in [1.29, 1.82) is 0 Å². The Morgan fingerprint density at radius 3 is 3.13 bits per heavy atom. The summed E-state index contributed by atoms with van der Waals surface area (Å²) in [5.41, 5.74) is 1.16. The van der Waals surface area contributed by atoms with E-state index in [9.17, 15) is 9.18 Å². The van der Waals surface area contributed by atoms with E-state index in [1.54, 1.807) is 19.1 Å². The maximum Gasteiger partial charge on any atom is 0.236 e. The summed E-state index contributed by atoms with van der Waals surface area (Å²) >= 11 is 1.50. The maximum atomic E-state index is 13.6. The molecule has 7 heteroatoms. The number of nitrogens with one attached hydrogen (secondary N) is 1. The third kappa shape index (κ3) is 3.90. The van der Waals surface area contributed by atoms with Gasteiger partial charge in [0.2, 0.25) is 17.6 Å². The van der Waals surface area contributed by atoms with Gasteiger partial charge in [-0.1, -0.05) is 23.7 Å². The van der Waals surface area contributed by atoms with Crippen LogP contribution in [0.3, 0.4) is 0 Å².